The summed E-state index contributed by atoms with van der Waals surface area (Å²) in [5.74, 6) is -0.337. The number of ether oxygens (including phenoxy) is 2. The van der Waals surface area contributed by atoms with Gasteiger partial charge in [-0.05, 0) is 38.5 Å². The summed E-state index contributed by atoms with van der Waals surface area (Å²) >= 11 is 0. The molecule has 0 aliphatic carbocycles. The van der Waals surface area contributed by atoms with Crippen molar-refractivity contribution < 1.29 is 37.3 Å². The van der Waals surface area contributed by atoms with Gasteiger partial charge in [0.2, 0.25) is 0 Å². The molecule has 0 aromatic heterocycles. The van der Waals surface area contributed by atoms with Crippen molar-refractivity contribution in [3.63, 3.8) is 0 Å². The molecular weight excluding hydrogens is 625 g/mol. The molecule has 0 fully saturated rings. The number of hydrogen-bond donors (Lipinski definition) is 0. The molecule has 9 heteroatoms. The highest BCUT2D eigenvalue weighted by Gasteiger charge is 2.20. The SMILES string of the molecule is CCCCCCCC/C=C\CCCCCCCCOCC(COP(=O)([O-])OCC[N+](C)(C)C)OC(=O)CCCCCCCCCCCC. The van der Waals surface area contributed by atoms with Crippen LogP contribution >= 0.6 is 7.82 Å². The molecule has 8 nitrogen and oxygen atoms in total. The largest absolute Gasteiger partial charge is 0.756 e. The number of carbonyl (C=O) groups is 1. The van der Waals surface area contributed by atoms with Crippen LogP contribution in [0.15, 0.2) is 12.2 Å². The third-order valence-corrected chi connectivity index (χ3v) is 9.53. The van der Waals surface area contributed by atoms with Crippen molar-refractivity contribution in [2.45, 2.75) is 180 Å². The molecule has 0 rings (SSSR count). The summed E-state index contributed by atoms with van der Waals surface area (Å²) in [7, 11) is 1.36. The Hall–Kier alpha value is -0.760. The number of carbonyl (C=O) groups excluding carboxylic acids is 1. The monoisotopic (exact) mass is 704 g/mol. The van der Waals surface area contributed by atoms with E-state index in [9.17, 15) is 14.3 Å². The van der Waals surface area contributed by atoms with Gasteiger partial charge in [-0.2, -0.15) is 0 Å². The molecule has 0 heterocycles. The maximum Gasteiger partial charge on any atom is 0.306 e. The molecule has 2 atom stereocenters. The number of hydrogen-bond acceptors (Lipinski definition) is 7. The van der Waals surface area contributed by atoms with Gasteiger partial charge in [-0.3, -0.25) is 9.36 Å². The lowest BCUT2D eigenvalue weighted by Gasteiger charge is -2.28. The van der Waals surface area contributed by atoms with E-state index in [2.05, 4.69) is 26.0 Å². The van der Waals surface area contributed by atoms with Gasteiger partial charge in [-0.15, -0.1) is 0 Å². The molecular formula is C39H78NO7P. The minimum absolute atomic E-state index is 0.0277. The summed E-state index contributed by atoms with van der Waals surface area (Å²) in [6.07, 6.45) is 33.6. The van der Waals surface area contributed by atoms with Gasteiger partial charge >= 0.3 is 5.97 Å². The number of allylic oxidation sites excluding steroid dienone is 2. The lowest BCUT2D eigenvalue weighted by Crippen LogP contribution is -2.37. The van der Waals surface area contributed by atoms with E-state index in [1.807, 2.05) is 21.1 Å². The normalized spacial score (nSPS) is 14.0. The van der Waals surface area contributed by atoms with Crippen LogP contribution in [0.5, 0.6) is 0 Å². The first-order chi connectivity index (χ1) is 23.1. The van der Waals surface area contributed by atoms with Gasteiger partial charge in [-0.25, -0.2) is 0 Å². The summed E-state index contributed by atoms with van der Waals surface area (Å²) in [4.78, 5) is 24.9. The molecule has 0 aromatic rings. The molecule has 0 N–H and O–H groups in total. The summed E-state index contributed by atoms with van der Waals surface area (Å²) < 4.78 is 34.4. The quantitative estimate of drug-likeness (QED) is 0.0209. The van der Waals surface area contributed by atoms with Gasteiger partial charge in [0, 0.05) is 13.0 Å². The van der Waals surface area contributed by atoms with Gasteiger partial charge < -0.3 is 27.9 Å². The first kappa shape index (κ1) is 47.2. The number of unbranched alkanes of at least 4 members (excludes halogenated alkanes) is 21. The van der Waals surface area contributed by atoms with E-state index < -0.39 is 13.9 Å². The summed E-state index contributed by atoms with van der Waals surface area (Å²) in [5, 5.41) is 0. The molecule has 0 aliphatic rings. The zero-order chi connectivity index (χ0) is 35.6. The Morgan fingerprint density at radius 2 is 1.08 bits per heavy atom. The van der Waals surface area contributed by atoms with E-state index in [1.54, 1.807) is 0 Å². The van der Waals surface area contributed by atoms with Crippen LogP contribution in [0.25, 0.3) is 0 Å². The van der Waals surface area contributed by atoms with Crippen molar-refractivity contribution in [2.24, 2.45) is 0 Å². The molecule has 0 aliphatic heterocycles. The predicted molar refractivity (Wildman–Crippen MR) is 199 cm³/mol. The maximum absolute atomic E-state index is 12.6. The Labute approximate surface area is 297 Å². The first-order valence-electron chi connectivity index (χ1n) is 19.9. The van der Waals surface area contributed by atoms with E-state index in [1.165, 1.54) is 122 Å². The topological polar surface area (TPSA) is 94.1 Å². The number of quaternary nitrogens is 1. The van der Waals surface area contributed by atoms with Crippen LogP contribution in [-0.2, 0) is 27.9 Å². The van der Waals surface area contributed by atoms with Crippen molar-refractivity contribution in [2.75, 3.05) is 54.1 Å². The van der Waals surface area contributed by atoms with Crippen LogP contribution in [-0.4, -0.2) is 70.7 Å². The minimum atomic E-state index is -4.51. The standard InChI is InChI=1S/C39H78NO7P/c1-6-8-10-12-14-16-18-19-20-21-22-23-25-27-29-31-34-44-36-38(37-46-48(42,43)45-35-33-40(3,4)5)47-39(41)32-30-28-26-24-17-15-13-11-9-7-2/h19-20,38H,6-18,21-37H2,1-5H3/b20-19-. The van der Waals surface area contributed by atoms with Gasteiger partial charge in [-0.1, -0.05) is 142 Å². The zero-order valence-corrected chi connectivity index (χ0v) is 33.1. The summed E-state index contributed by atoms with van der Waals surface area (Å²) in [6, 6.07) is 0. The maximum atomic E-state index is 12.6. The van der Waals surface area contributed by atoms with Crippen molar-refractivity contribution in [1.29, 1.82) is 0 Å². The molecule has 0 saturated carbocycles. The van der Waals surface area contributed by atoms with Gasteiger partial charge in [0.1, 0.15) is 19.3 Å². The average Bonchev–Trinajstić information content (AvgIpc) is 3.03. The van der Waals surface area contributed by atoms with Gasteiger partial charge in [0.05, 0.1) is 34.4 Å². The number of phosphoric acid groups is 1. The molecule has 0 bridgehead atoms. The Balaban J connectivity index is 4.24. The van der Waals surface area contributed by atoms with E-state index in [4.69, 9.17) is 18.5 Å². The van der Waals surface area contributed by atoms with Gasteiger partial charge in [0.25, 0.3) is 7.82 Å². The molecule has 0 spiro atoms. The second-order valence-electron chi connectivity index (χ2n) is 14.6. The molecule has 0 saturated heterocycles. The molecule has 0 aromatic carbocycles. The van der Waals surface area contributed by atoms with Crippen LogP contribution in [0, 0.1) is 0 Å². The summed E-state index contributed by atoms with van der Waals surface area (Å²) in [5.41, 5.74) is 0. The Bertz CT molecular complexity index is 787. The Morgan fingerprint density at radius 3 is 1.58 bits per heavy atom. The van der Waals surface area contributed by atoms with E-state index in [-0.39, 0.29) is 25.8 Å². The van der Waals surface area contributed by atoms with Gasteiger partial charge in [0.15, 0.2) is 0 Å². The smallest absolute Gasteiger partial charge is 0.306 e. The van der Waals surface area contributed by atoms with E-state index >= 15 is 0 Å². The van der Waals surface area contributed by atoms with Crippen LogP contribution in [0.2, 0.25) is 0 Å². The fourth-order valence-electron chi connectivity index (χ4n) is 5.42. The lowest BCUT2D eigenvalue weighted by atomic mass is 10.1. The molecule has 286 valence electrons. The third kappa shape index (κ3) is 36.5. The van der Waals surface area contributed by atoms with Crippen LogP contribution in [0.4, 0.5) is 0 Å². The first-order valence-corrected chi connectivity index (χ1v) is 21.4. The fraction of sp³-hybridized carbons (Fsp3) is 0.923. The molecule has 0 radical (unpaired) electrons. The van der Waals surface area contributed by atoms with Crippen molar-refractivity contribution in [1.82, 2.24) is 0 Å². The van der Waals surface area contributed by atoms with Crippen molar-refractivity contribution in [3.8, 4) is 0 Å². The van der Waals surface area contributed by atoms with E-state index in [0.29, 0.717) is 24.1 Å². The minimum Gasteiger partial charge on any atom is -0.756 e. The number of nitrogens with zero attached hydrogens (tertiary/aromatic N) is 1. The number of likely N-dealkylation sites (N-methyl/N-ethyl adjacent to an activating group) is 1. The van der Waals surface area contributed by atoms with Crippen molar-refractivity contribution >= 4 is 13.8 Å². The Kier molecular flexibility index (Phi) is 32.9. The zero-order valence-electron chi connectivity index (χ0n) is 32.2. The Morgan fingerprint density at radius 1 is 0.625 bits per heavy atom. The fourth-order valence-corrected chi connectivity index (χ4v) is 6.15. The number of rotatable bonds is 37. The van der Waals surface area contributed by atoms with E-state index in [0.717, 1.165) is 32.1 Å². The van der Waals surface area contributed by atoms with Crippen LogP contribution in [0.3, 0.4) is 0 Å². The average molecular weight is 704 g/mol. The highest BCUT2D eigenvalue weighted by atomic mass is 31.2. The number of phosphoric ester groups is 1. The summed E-state index contributed by atoms with van der Waals surface area (Å²) in [6.45, 7) is 5.39. The predicted octanol–water partition coefficient (Wildman–Crippen LogP) is 10.5. The highest BCUT2D eigenvalue weighted by Crippen LogP contribution is 2.38. The molecule has 0 amide bonds. The van der Waals surface area contributed by atoms with Crippen molar-refractivity contribution in [3.05, 3.63) is 12.2 Å². The highest BCUT2D eigenvalue weighted by molar-refractivity contribution is 7.45. The lowest BCUT2D eigenvalue weighted by molar-refractivity contribution is -0.870. The second-order valence-corrected chi connectivity index (χ2v) is 16.1. The van der Waals surface area contributed by atoms with Crippen LogP contribution < -0.4 is 4.89 Å². The second kappa shape index (κ2) is 33.4. The number of esters is 1. The molecule has 2 unspecified atom stereocenters. The third-order valence-electron chi connectivity index (χ3n) is 8.57. The molecule has 48 heavy (non-hydrogen) atoms. The van der Waals surface area contributed by atoms with Crippen LogP contribution in [0.1, 0.15) is 174 Å².